The summed E-state index contributed by atoms with van der Waals surface area (Å²) in [7, 11) is 1.62. The van der Waals surface area contributed by atoms with E-state index in [0.29, 0.717) is 5.88 Å². The summed E-state index contributed by atoms with van der Waals surface area (Å²) in [5, 5.41) is 8.60. The van der Waals surface area contributed by atoms with Gasteiger partial charge in [-0.25, -0.2) is 0 Å². The van der Waals surface area contributed by atoms with Gasteiger partial charge >= 0.3 is 0 Å². The average Bonchev–Trinajstić information content (AvgIpc) is 2.70. The van der Waals surface area contributed by atoms with Crippen molar-refractivity contribution in [2.75, 3.05) is 7.11 Å². The fraction of sp³-hybridized carbons (Fsp3) is 0.273. The molecule has 1 aromatic carbocycles. The predicted octanol–water partition coefficient (Wildman–Crippen LogP) is 2.74. The molecule has 0 spiro atoms. The van der Waals surface area contributed by atoms with Gasteiger partial charge in [0, 0.05) is 0 Å². The van der Waals surface area contributed by atoms with Crippen molar-refractivity contribution >= 4 is 24.0 Å². The lowest BCUT2D eigenvalue weighted by Crippen LogP contribution is -2.01. The van der Waals surface area contributed by atoms with Gasteiger partial charge in [-0.2, -0.15) is 10.2 Å². The van der Waals surface area contributed by atoms with E-state index in [0.717, 1.165) is 22.8 Å². The summed E-state index contributed by atoms with van der Waals surface area (Å²) in [6.07, 6.45) is 0. The number of methoxy groups -OCH3 is 1. The lowest BCUT2D eigenvalue weighted by atomic mass is 10.3. The molecular weight excluding hydrogens is 261 g/mol. The first-order valence-electron chi connectivity index (χ1n) is 4.88. The molecule has 1 heterocycles. The molecule has 1 aromatic heterocycles. The van der Waals surface area contributed by atoms with Crippen molar-refractivity contribution in [2.45, 2.75) is 12.8 Å². The van der Waals surface area contributed by atoms with Crippen molar-refractivity contribution in [3.05, 3.63) is 35.7 Å². The molecule has 2 rings (SSSR count). The first-order valence-corrected chi connectivity index (χ1v) is 5.42. The predicted molar refractivity (Wildman–Crippen MR) is 69.5 cm³/mol. The first-order chi connectivity index (χ1) is 7.76. The topological polar surface area (TPSA) is 39.9 Å². The third kappa shape index (κ3) is 2.70. The number of para-hydroxylation sites is 2. The van der Waals surface area contributed by atoms with Gasteiger partial charge in [0.15, 0.2) is 0 Å². The fourth-order valence-electron chi connectivity index (χ4n) is 1.44. The lowest BCUT2D eigenvalue weighted by Gasteiger charge is -2.05. The van der Waals surface area contributed by atoms with Gasteiger partial charge in [-0.15, -0.1) is 28.8 Å². The van der Waals surface area contributed by atoms with Crippen molar-refractivity contribution < 1.29 is 4.74 Å². The molecule has 0 saturated carbocycles. The molecule has 0 saturated heterocycles. The van der Waals surface area contributed by atoms with Crippen LogP contribution in [-0.4, -0.2) is 22.1 Å². The van der Waals surface area contributed by atoms with Gasteiger partial charge in [-0.05, 0) is 19.1 Å². The number of rotatable bonds is 3. The summed E-state index contributed by atoms with van der Waals surface area (Å²) in [5.41, 5.74) is 2.43. The van der Waals surface area contributed by atoms with E-state index in [1.807, 2.05) is 31.2 Å². The highest BCUT2D eigenvalue weighted by atomic mass is 35.5. The maximum Gasteiger partial charge on any atom is 0.146 e. The van der Waals surface area contributed by atoms with E-state index in [4.69, 9.17) is 16.3 Å². The van der Waals surface area contributed by atoms with E-state index in [1.165, 1.54) is 0 Å². The van der Waals surface area contributed by atoms with Crippen LogP contribution in [0.3, 0.4) is 0 Å². The van der Waals surface area contributed by atoms with Gasteiger partial charge in [-0.3, -0.25) is 0 Å². The second-order valence-corrected chi connectivity index (χ2v) is 3.59. The number of aryl methyl sites for hydroxylation is 1. The minimum Gasteiger partial charge on any atom is -0.494 e. The maximum absolute atomic E-state index is 5.76. The second kappa shape index (κ2) is 5.89. The van der Waals surface area contributed by atoms with Gasteiger partial charge in [0.1, 0.15) is 17.1 Å². The van der Waals surface area contributed by atoms with Crippen LogP contribution in [0.4, 0.5) is 0 Å². The second-order valence-electron chi connectivity index (χ2n) is 3.33. The number of halogens is 2. The van der Waals surface area contributed by atoms with Crippen LogP contribution in [-0.2, 0) is 5.88 Å². The van der Waals surface area contributed by atoms with Crippen molar-refractivity contribution in [1.82, 2.24) is 15.0 Å². The van der Waals surface area contributed by atoms with Crippen molar-refractivity contribution in [1.29, 1.82) is 0 Å². The first kappa shape index (κ1) is 13.8. The monoisotopic (exact) mass is 273 g/mol. The Morgan fingerprint density at radius 3 is 2.59 bits per heavy atom. The summed E-state index contributed by atoms with van der Waals surface area (Å²) < 4.78 is 5.25. The van der Waals surface area contributed by atoms with Crippen molar-refractivity contribution in [3.8, 4) is 11.4 Å². The molecule has 2 aromatic rings. The van der Waals surface area contributed by atoms with Gasteiger partial charge in [0.25, 0.3) is 0 Å². The molecular formula is C11H13Cl2N3O. The zero-order valence-electron chi connectivity index (χ0n) is 9.55. The zero-order chi connectivity index (χ0) is 11.5. The van der Waals surface area contributed by atoms with Gasteiger partial charge in [0.2, 0.25) is 0 Å². The van der Waals surface area contributed by atoms with Gasteiger partial charge < -0.3 is 4.74 Å². The SMILES string of the molecule is COc1ccccc1-n1nc(C)c(CCl)n1.Cl. The molecule has 6 heteroatoms. The number of hydrogen-bond donors (Lipinski definition) is 0. The van der Waals surface area contributed by atoms with E-state index in [-0.39, 0.29) is 12.4 Å². The molecule has 0 fully saturated rings. The molecule has 0 amide bonds. The molecule has 92 valence electrons. The largest absolute Gasteiger partial charge is 0.494 e. The van der Waals surface area contributed by atoms with Crippen LogP contribution in [0, 0.1) is 6.92 Å². The fourth-order valence-corrected chi connectivity index (χ4v) is 1.68. The van der Waals surface area contributed by atoms with Crippen LogP contribution in [0.5, 0.6) is 5.75 Å². The Morgan fingerprint density at radius 1 is 1.29 bits per heavy atom. The maximum atomic E-state index is 5.76. The highest BCUT2D eigenvalue weighted by Crippen LogP contribution is 2.21. The van der Waals surface area contributed by atoms with Gasteiger partial charge in [-0.1, -0.05) is 12.1 Å². The molecule has 4 nitrogen and oxygen atoms in total. The van der Waals surface area contributed by atoms with E-state index >= 15 is 0 Å². The van der Waals surface area contributed by atoms with Crippen LogP contribution in [0.2, 0.25) is 0 Å². The minimum atomic E-state index is 0. The normalized spacial score (nSPS) is 9.82. The number of nitrogens with zero attached hydrogens (tertiary/aromatic N) is 3. The van der Waals surface area contributed by atoms with E-state index in [9.17, 15) is 0 Å². The summed E-state index contributed by atoms with van der Waals surface area (Å²) >= 11 is 5.76. The van der Waals surface area contributed by atoms with E-state index in [1.54, 1.807) is 11.9 Å². The summed E-state index contributed by atoms with van der Waals surface area (Å²) in [6, 6.07) is 7.59. The molecule has 0 bridgehead atoms. The van der Waals surface area contributed by atoms with Crippen LogP contribution >= 0.6 is 24.0 Å². The Morgan fingerprint density at radius 2 is 2.00 bits per heavy atom. The minimum absolute atomic E-state index is 0. The van der Waals surface area contributed by atoms with E-state index < -0.39 is 0 Å². The summed E-state index contributed by atoms with van der Waals surface area (Å²) in [6.45, 7) is 1.89. The highest BCUT2D eigenvalue weighted by Gasteiger charge is 2.10. The molecule has 0 N–H and O–H groups in total. The zero-order valence-corrected chi connectivity index (χ0v) is 11.1. The number of aromatic nitrogens is 3. The Kier molecular flexibility index (Phi) is 4.78. The molecule has 0 radical (unpaired) electrons. The van der Waals surface area contributed by atoms with Crippen LogP contribution in [0.1, 0.15) is 11.4 Å². The molecule has 0 unspecified atom stereocenters. The third-order valence-corrected chi connectivity index (χ3v) is 2.56. The Hall–Kier alpha value is -1.26. The lowest BCUT2D eigenvalue weighted by molar-refractivity contribution is 0.410. The third-order valence-electron chi connectivity index (χ3n) is 2.31. The highest BCUT2D eigenvalue weighted by molar-refractivity contribution is 6.16. The molecule has 0 atom stereocenters. The Balaban J connectivity index is 0.00000144. The number of ether oxygens (including phenoxy) is 1. The molecule has 0 aliphatic heterocycles. The van der Waals surface area contributed by atoms with Crippen LogP contribution in [0.15, 0.2) is 24.3 Å². The number of alkyl halides is 1. The van der Waals surface area contributed by atoms with Crippen molar-refractivity contribution in [2.24, 2.45) is 0 Å². The smallest absolute Gasteiger partial charge is 0.146 e. The molecule has 17 heavy (non-hydrogen) atoms. The van der Waals surface area contributed by atoms with Crippen molar-refractivity contribution in [3.63, 3.8) is 0 Å². The van der Waals surface area contributed by atoms with E-state index in [2.05, 4.69) is 10.2 Å². The summed E-state index contributed by atoms with van der Waals surface area (Å²) in [4.78, 5) is 1.55. The number of benzene rings is 1. The Bertz CT molecular complexity index is 499. The average molecular weight is 274 g/mol. The van der Waals surface area contributed by atoms with Crippen LogP contribution in [0.25, 0.3) is 5.69 Å². The standard InChI is InChI=1S/C11H12ClN3O.ClH/c1-8-9(7-12)14-15(13-8)10-5-3-4-6-11(10)16-2;/h3-6H,7H2,1-2H3;1H. The quantitative estimate of drug-likeness (QED) is 0.808. The molecule has 0 aliphatic carbocycles. The Labute approximate surface area is 111 Å². The van der Waals surface area contributed by atoms with Crippen LogP contribution < -0.4 is 4.74 Å². The van der Waals surface area contributed by atoms with Gasteiger partial charge in [0.05, 0.1) is 18.7 Å². The molecule has 0 aliphatic rings. The summed E-state index contributed by atoms with van der Waals surface area (Å²) in [5.74, 6) is 1.10. The number of hydrogen-bond acceptors (Lipinski definition) is 3.